The number of carbonyl (C=O) groups is 2. The second-order valence-corrected chi connectivity index (χ2v) is 5.85. The van der Waals surface area contributed by atoms with Gasteiger partial charge in [-0.05, 0) is 26.7 Å². The van der Waals surface area contributed by atoms with Gasteiger partial charge < -0.3 is 15.0 Å². The van der Waals surface area contributed by atoms with E-state index < -0.39 is 0 Å². The molecule has 5 heteroatoms. The number of carbonyl (C=O) groups excluding carboxylic acids is 2. The number of rotatable bonds is 6. The number of nitrogens with one attached hydrogen (secondary N) is 1. The molecule has 1 N–H and O–H groups in total. The van der Waals surface area contributed by atoms with E-state index in [1.165, 1.54) is 4.90 Å². The van der Waals surface area contributed by atoms with Crippen LogP contribution in [0.1, 0.15) is 34.6 Å². The first-order chi connectivity index (χ1) is 8.11. The van der Waals surface area contributed by atoms with E-state index in [0.29, 0.717) is 12.5 Å². The molecule has 0 aromatic heterocycles. The van der Waals surface area contributed by atoms with Gasteiger partial charge in [0.05, 0.1) is 12.1 Å². The van der Waals surface area contributed by atoms with Crippen LogP contribution >= 0.6 is 0 Å². The van der Waals surface area contributed by atoms with E-state index in [-0.39, 0.29) is 30.6 Å². The molecule has 0 unspecified atom stereocenters. The molecule has 0 radical (unpaired) electrons. The van der Waals surface area contributed by atoms with Crippen LogP contribution in [0.15, 0.2) is 0 Å². The number of likely N-dealkylation sites (N-methyl/N-ethyl adjacent to an activating group) is 1. The lowest BCUT2D eigenvalue weighted by atomic mass is 10.2. The molecule has 0 spiro atoms. The number of nitrogens with zero attached hydrogens (tertiary/aromatic N) is 1. The molecule has 0 aliphatic rings. The smallest absolute Gasteiger partial charge is 0.248 e. The Morgan fingerprint density at radius 1 is 1.28 bits per heavy atom. The number of hydrogen-bond donors (Lipinski definition) is 1. The highest BCUT2D eigenvalue weighted by molar-refractivity contribution is 5.85. The fourth-order valence-electron chi connectivity index (χ4n) is 1.07. The Morgan fingerprint density at radius 3 is 2.28 bits per heavy atom. The third-order valence-corrected chi connectivity index (χ3v) is 2.14. The monoisotopic (exact) mass is 258 g/mol. The minimum absolute atomic E-state index is 0.00252. The van der Waals surface area contributed by atoms with E-state index in [2.05, 4.69) is 5.32 Å². The molecule has 0 atom stereocenters. The second kappa shape index (κ2) is 7.36. The van der Waals surface area contributed by atoms with Gasteiger partial charge in [0.15, 0.2) is 0 Å². The minimum atomic E-state index is -0.351. The molecule has 0 aromatic carbocycles. The van der Waals surface area contributed by atoms with Gasteiger partial charge in [0.1, 0.15) is 6.61 Å². The zero-order chi connectivity index (χ0) is 14.3. The molecule has 0 aliphatic heterocycles. The van der Waals surface area contributed by atoms with Gasteiger partial charge in [-0.2, -0.15) is 0 Å². The SMILES string of the molecule is CC(C)CNC(=O)CN(C)C(=O)COC(C)(C)C. The summed E-state index contributed by atoms with van der Waals surface area (Å²) in [5.41, 5.74) is -0.351. The summed E-state index contributed by atoms with van der Waals surface area (Å²) < 4.78 is 5.37. The molecule has 106 valence electrons. The highest BCUT2D eigenvalue weighted by Gasteiger charge is 2.17. The normalized spacial score (nSPS) is 11.5. The van der Waals surface area contributed by atoms with Crippen molar-refractivity contribution in [2.24, 2.45) is 5.92 Å². The molecule has 2 amide bonds. The predicted octanol–water partition coefficient (Wildman–Crippen LogP) is 1.03. The van der Waals surface area contributed by atoms with Crippen molar-refractivity contribution in [3.05, 3.63) is 0 Å². The van der Waals surface area contributed by atoms with Crippen molar-refractivity contribution >= 4 is 11.8 Å². The van der Waals surface area contributed by atoms with Crippen molar-refractivity contribution in [1.82, 2.24) is 10.2 Å². The summed E-state index contributed by atoms with van der Waals surface area (Å²) in [5, 5.41) is 2.77. The summed E-state index contributed by atoms with van der Waals surface area (Å²) in [7, 11) is 1.60. The van der Waals surface area contributed by atoms with Crippen molar-refractivity contribution < 1.29 is 14.3 Å². The maximum absolute atomic E-state index is 11.7. The molecule has 0 saturated carbocycles. The topological polar surface area (TPSA) is 58.6 Å². The average Bonchev–Trinajstić information content (AvgIpc) is 2.21. The van der Waals surface area contributed by atoms with Crippen LogP contribution in [0.2, 0.25) is 0 Å². The first-order valence-electron chi connectivity index (χ1n) is 6.26. The Balaban J connectivity index is 3.97. The van der Waals surface area contributed by atoms with Crippen LogP contribution in [0, 0.1) is 5.92 Å². The highest BCUT2D eigenvalue weighted by Crippen LogP contribution is 2.06. The van der Waals surface area contributed by atoms with Crippen LogP contribution < -0.4 is 5.32 Å². The van der Waals surface area contributed by atoms with Gasteiger partial charge in [0, 0.05) is 13.6 Å². The van der Waals surface area contributed by atoms with Crippen LogP contribution in [-0.2, 0) is 14.3 Å². The van der Waals surface area contributed by atoms with Crippen molar-refractivity contribution in [3.8, 4) is 0 Å². The molecule has 0 fully saturated rings. The molecule has 0 rings (SSSR count). The molecule has 0 saturated heterocycles. The van der Waals surface area contributed by atoms with Gasteiger partial charge in [-0.25, -0.2) is 0 Å². The zero-order valence-electron chi connectivity index (χ0n) is 12.4. The summed E-state index contributed by atoms with van der Waals surface area (Å²) in [5.74, 6) is 0.0686. The Bertz CT molecular complexity index is 282. The van der Waals surface area contributed by atoms with Crippen molar-refractivity contribution in [1.29, 1.82) is 0 Å². The van der Waals surface area contributed by atoms with Crippen molar-refractivity contribution in [2.45, 2.75) is 40.2 Å². The van der Waals surface area contributed by atoms with Crippen LogP contribution in [0.3, 0.4) is 0 Å². The Morgan fingerprint density at radius 2 is 1.83 bits per heavy atom. The summed E-state index contributed by atoms with van der Waals surface area (Å²) in [6, 6.07) is 0. The molecule has 5 nitrogen and oxygen atoms in total. The standard InChI is InChI=1S/C13H26N2O3/c1-10(2)7-14-11(16)8-15(6)12(17)9-18-13(3,4)5/h10H,7-9H2,1-6H3,(H,14,16). The van der Waals surface area contributed by atoms with Crippen LogP contribution in [0.4, 0.5) is 0 Å². The minimum Gasteiger partial charge on any atom is -0.366 e. The molecular formula is C13H26N2O3. The summed E-state index contributed by atoms with van der Waals surface area (Å²) in [4.78, 5) is 24.6. The molecule has 0 heterocycles. The van der Waals surface area contributed by atoms with Gasteiger partial charge >= 0.3 is 0 Å². The van der Waals surface area contributed by atoms with Gasteiger partial charge in [0.2, 0.25) is 11.8 Å². The molecule has 0 bridgehead atoms. The van der Waals surface area contributed by atoms with Crippen LogP contribution in [-0.4, -0.2) is 49.1 Å². The van der Waals surface area contributed by atoms with E-state index in [4.69, 9.17) is 4.74 Å². The maximum atomic E-state index is 11.7. The fourth-order valence-corrected chi connectivity index (χ4v) is 1.07. The van der Waals surface area contributed by atoms with Crippen LogP contribution in [0.25, 0.3) is 0 Å². The molecule has 0 aliphatic carbocycles. The van der Waals surface area contributed by atoms with Gasteiger partial charge in [-0.15, -0.1) is 0 Å². The van der Waals surface area contributed by atoms with E-state index in [1.54, 1.807) is 7.05 Å². The molecular weight excluding hydrogens is 232 g/mol. The van der Waals surface area contributed by atoms with Gasteiger partial charge in [0.25, 0.3) is 0 Å². The van der Waals surface area contributed by atoms with E-state index in [1.807, 2.05) is 34.6 Å². The lowest BCUT2D eigenvalue weighted by molar-refractivity contribution is -0.142. The third kappa shape index (κ3) is 8.98. The fraction of sp³-hybridized carbons (Fsp3) is 0.846. The Labute approximate surface area is 110 Å². The summed E-state index contributed by atoms with van der Waals surface area (Å²) in [6.45, 7) is 10.4. The molecule has 0 aromatic rings. The number of hydrogen-bond acceptors (Lipinski definition) is 3. The third-order valence-electron chi connectivity index (χ3n) is 2.14. The van der Waals surface area contributed by atoms with Crippen molar-refractivity contribution in [2.75, 3.05) is 26.7 Å². The molecule has 18 heavy (non-hydrogen) atoms. The lowest BCUT2D eigenvalue weighted by Crippen LogP contribution is -2.41. The predicted molar refractivity (Wildman–Crippen MR) is 71.2 cm³/mol. The van der Waals surface area contributed by atoms with Crippen LogP contribution in [0.5, 0.6) is 0 Å². The number of amides is 2. The largest absolute Gasteiger partial charge is 0.366 e. The first kappa shape index (κ1) is 16.9. The van der Waals surface area contributed by atoms with E-state index >= 15 is 0 Å². The maximum Gasteiger partial charge on any atom is 0.248 e. The Hall–Kier alpha value is -1.10. The highest BCUT2D eigenvalue weighted by atomic mass is 16.5. The Kier molecular flexibility index (Phi) is 6.91. The summed E-state index contributed by atoms with van der Waals surface area (Å²) >= 11 is 0. The van der Waals surface area contributed by atoms with E-state index in [0.717, 1.165) is 0 Å². The number of ether oxygens (including phenoxy) is 1. The summed E-state index contributed by atoms with van der Waals surface area (Å²) in [6.07, 6.45) is 0. The average molecular weight is 258 g/mol. The van der Waals surface area contributed by atoms with E-state index in [9.17, 15) is 9.59 Å². The first-order valence-corrected chi connectivity index (χ1v) is 6.26. The van der Waals surface area contributed by atoms with Crippen molar-refractivity contribution in [3.63, 3.8) is 0 Å². The second-order valence-electron chi connectivity index (χ2n) is 5.85. The quantitative estimate of drug-likeness (QED) is 0.774. The van der Waals surface area contributed by atoms with Gasteiger partial charge in [-0.3, -0.25) is 9.59 Å². The lowest BCUT2D eigenvalue weighted by Gasteiger charge is -2.22. The zero-order valence-corrected chi connectivity index (χ0v) is 12.4. The van der Waals surface area contributed by atoms with Gasteiger partial charge in [-0.1, -0.05) is 13.8 Å².